The molecule has 1 heterocycles. The van der Waals surface area contributed by atoms with E-state index in [2.05, 4.69) is 46.8 Å². The second-order valence-corrected chi connectivity index (χ2v) is 6.90. The van der Waals surface area contributed by atoms with Crippen LogP contribution >= 0.6 is 0 Å². The third-order valence-electron chi connectivity index (χ3n) is 4.77. The highest BCUT2D eigenvalue weighted by atomic mass is 16.3. The summed E-state index contributed by atoms with van der Waals surface area (Å²) >= 11 is 0. The Balaban J connectivity index is 1.65. The number of amides is 2. The van der Waals surface area contributed by atoms with Gasteiger partial charge in [0.25, 0.3) is 0 Å². The molecule has 1 aromatic heterocycles. The Hall–Kier alpha value is -2.40. The molecule has 0 aliphatic heterocycles. The van der Waals surface area contributed by atoms with E-state index in [1.165, 1.54) is 5.56 Å². The lowest BCUT2D eigenvalue weighted by Crippen LogP contribution is -2.50. The maximum Gasteiger partial charge on any atom is 0.315 e. The molecule has 132 valence electrons. The number of urea groups is 1. The van der Waals surface area contributed by atoms with Crippen LogP contribution in [0, 0.1) is 6.92 Å². The number of hydrogen-bond acceptors (Lipinski definition) is 3. The largest absolute Gasteiger partial charge is 0.388 e. The highest BCUT2D eigenvalue weighted by Gasteiger charge is 2.34. The topological polar surface area (TPSA) is 74.2 Å². The number of hydrogen-bond donors (Lipinski definition) is 3. The van der Waals surface area contributed by atoms with Gasteiger partial charge in [0.2, 0.25) is 0 Å². The van der Waals surface area contributed by atoms with Crippen molar-refractivity contribution in [1.82, 2.24) is 15.6 Å². The van der Waals surface area contributed by atoms with Gasteiger partial charge in [-0.2, -0.15) is 0 Å². The summed E-state index contributed by atoms with van der Waals surface area (Å²) < 4.78 is 0. The Morgan fingerprint density at radius 2 is 2.00 bits per heavy atom. The molecular formula is C20H25N3O2. The standard InChI is InChI=1S/C20H25N3O2/c1-15-6-8-16(9-7-15)13-18(17-5-2-3-12-21-17)23-19(24)22-14-20(25)10-4-11-20/h2-3,5-9,12,18,25H,4,10-11,13-14H2,1H3,(H2,22,23,24)/t18-/m1/s1. The molecule has 0 spiro atoms. The molecule has 3 N–H and O–H groups in total. The molecule has 1 aromatic carbocycles. The Morgan fingerprint density at radius 3 is 2.60 bits per heavy atom. The van der Waals surface area contributed by atoms with Crippen LogP contribution in [0.5, 0.6) is 0 Å². The molecule has 0 bridgehead atoms. The quantitative estimate of drug-likeness (QED) is 0.757. The van der Waals surface area contributed by atoms with E-state index in [1.807, 2.05) is 18.2 Å². The van der Waals surface area contributed by atoms with Gasteiger partial charge in [-0.1, -0.05) is 35.9 Å². The number of nitrogens with zero attached hydrogens (tertiary/aromatic N) is 1. The van der Waals surface area contributed by atoms with Crippen LogP contribution in [0.25, 0.3) is 0 Å². The first-order valence-corrected chi connectivity index (χ1v) is 8.77. The second kappa shape index (κ2) is 7.66. The zero-order chi connectivity index (χ0) is 17.7. The molecule has 5 heteroatoms. The molecule has 25 heavy (non-hydrogen) atoms. The summed E-state index contributed by atoms with van der Waals surface area (Å²) in [7, 11) is 0. The van der Waals surface area contributed by atoms with Crippen molar-refractivity contribution >= 4 is 6.03 Å². The summed E-state index contributed by atoms with van der Waals surface area (Å²) in [5.74, 6) is 0. The van der Waals surface area contributed by atoms with Crippen LogP contribution < -0.4 is 10.6 Å². The number of carbonyl (C=O) groups excluding carboxylic acids is 1. The van der Waals surface area contributed by atoms with Gasteiger partial charge in [0.1, 0.15) is 0 Å². The van der Waals surface area contributed by atoms with Crippen LogP contribution in [-0.4, -0.2) is 28.3 Å². The zero-order valence-corrected chi connectivity index (χ0v) is 14.5. The number of carbonyl (C=O) groups is 1. The minimum atomic E-state index is -0.727. The van der Waals surface area contributed by atoms with Crippen LogP contribution in [0.4, 0.5) is 4.79 Å². The first-order chi connectivity index (χ1) is 12.0. The number of aliphatic hydroxyl groups is 1. The van der Waals surface area contributed by atoms with E-state index in [9.17, 15) is 9.90 Å². The van der Waals surface area contributed by atoms with Crippen molar-refractivity contribution in [2.75, 3.05) is 6.54 Å². The van der Waals surface area contributed by atoms with Crippen LogP contribution in [-0.2, 0) is 6.42 Å². The van der Waals surface area contributed by atoms with Gasteiger partial charge in [0.05, 0.1) is 17.3 Å². The van der Waals surface area contributed by atoms with Gasteiger partial charge in [0.15, 0.2) is 0 Å². The lowest BCUT2D eigenvalue weighted by Gasteiger charge is -2.36. The average molecular weight is 339 g/mol. The maximum absolute atomic E-state index is 12.3. The lowest BCUT2D eigenvalue weighted by molar-refractivity contribution is -0.0290. The van der Waals surface area contributed by atoms with Gasteiger partial charge in [0, 0.05) is 12.7 Å². The lowest BCUT2D eigenvalue weighted by atomic mass is 9.80. The molecule has 1 aliphatic carbocycles. The number of aromatic nitrogens is 1. The van der Waals surface area contributed by atoms with E-state index < -0.39 is 5.60 Å². The van der Waals surface area contributed by atoms with E-state index in [-0.39, 0.29) is 18.6 Å². The molecule has 0 radical (unpaired) electrons. The third kappa shape index (κ3) is 4.79. The van der Waals surface area contributed by atoms with Gasteiger partial charge in [-0.05, 0) is 50.3 Å². The zero-order valence-electron chi connectivity index (χ0n) is 14.5. The maximum atomic E-state index is 12.3. The smallest absolute Gasteiger partial charge is 0.315 e. The highest BCUT2D eigenvalue weighted by Crippen LogP contribution is 2.30. The summed E-state index contributed by atoms with van der Waals surface area (Å²) in [6.45, 7) is 2.34. The Labute approximate surface area is 148 Å². The average Bonchev–Trinajstić information content (AvgIpc) is 2.60. The van der Waals surface area contributed by atoms with Gasteiger partial charge in [-0.25, -0.2) is 4.79 Å². The number of nitrogens with one attached hydrogen (secondary N) is 2. The predicted molar refractivity (Wildman–Crippen MR) is 97.2 cm³/mol. The number of aryl methyl sites for hydroxylation is 1. The molecule has 2 amide bonds. The van der Waals surface area contributed by atoms with Crippen molar-refractivity contribution in [3.63, 3.8) is 0 Å². The normalized spacial score (nSPS) is 16.6. The minimum Gasteiger partial charge on any atom is -0.388 e. The first-order valence-electron chi connectivity index (χ1n) is 8.77. The molecule has 2 aromatic rings. The van der Waals surface area contributed by atoms with Crippen LogP contribution in [0.2, 0.25) is 0 Å². The highest BCUT2D eigenvalue weighted by molar-refractivity contribution is 5.74. The summed E-state index contributed by atoms with van der Waals surface area (Å²) in [5.41, 5.74) is 2.44. The van der Waals surface area contributed by atoms with E-state index in [4.69, 9.17) is 0 Å². The van der Waals surface area contributed by atoms with Gasteiger partial charge in [-0.15, -0.1) is 0 Å². The van der Waals surface area contributed by atoms with Crippen molar-refractivity contribution in [2.45, 2.75) is 44.2 Å². The number of benzene rings is 1. The van der Waals surface area contributed by atoms with E-state index in [1.54, 1.807) is 6.20 Å². The molecule has 1 aliphatic rings. The van der Waals surface area contributed by atoms with Crippen molar-refractivity contribution in [3.8, 4) is 0 Å². The fourth-order valence-electron chi connectivity index (χ4n) is 2.99. The van der Waals surface area contributed by atoms with E-state index >= 15 is 0 Å². The Morgan fingerprint density at radius 1 is 1.24 bits per heavy atom. The van der Waals surface area contributed by atoms with E-state index in [0.29, 0.717) is 6.42 Å². The SMILES string of the molecule is Cc1ccc(C[C@@H](NC(=O)NCC2(O)CCC2)c2ccccn2)cc1. The van der Waals surface area contributed by atoms with E-state index in [0.717, 1.165) is 30.5 Å². The molecule has 3 rings (SSSR count). The van der Waals surface area contributed by atoms with Crippen LogP contribution in [0.15, 0.2) is 48.7 Å². The molecule has 1 atom stereocenters. The van der Waals surface area contributed by atoms with Crippen molar-refractivity contribution < 1.29 is 9.90 Å². The van der Waals surface area contributed by atoms with Crippen molar-refractivity contribution in [3.05, 3.63) is 65.5 Å². The molecule has 0 unspecified atom stereocenters. The Kier molecular flexibility index (Phi) is 5.34. The molecule has 1 saturated carbocycles. The number of rotatable bonds is 6. The second-order valence-electron chi connectivity index (χ2n) is 6.90. The first kappa shape index (κ1) is 17.4. The fourth-order valence-corrected chi connectivity index (χ4v) is 2.99. The van der Waals surface area contributed by atoms with Gasteiger partial charge < -0.3 is 15.7 Å². The molecule has 5 nitrogen and oxygen atoms in total. The van der Waals surface area contributed by atoms with Crippen molar-refractivity contribution in [1.29, 1.82) is 0 Å². The number of pyridine rings is 1. The molecular weight excluding hydrogens is 314 g/mol. The fraction of sp³-hybridized carbons (Fsp3) is 0.400. The monoisotopic (exact) mass is 339 g/mol. The van der Waals surface area contributed by atoms with Crippen LogP contribution in [0.3, 0.4) is 0 Å². The molecule has 1 fully saturated rings. The predicted octanol–water partition coefficient (Wildman–Crippen LogP) is 2.89. The summed E-state index contributed by atoms with van der Waals surface area (Å²) in [6, 6.07) is 13.5. The Bertz CT molecular complexity index is 697. The van der Waals surface area contributed by atoms with Crippen molar-refractivity contribution in [2.24, 2.45) is 0 Å². The summed E-state index contributed by atoms with van der Waals surface area (Å²) in [6.07, 6.45) is 4.91. The van der Waals surface area contributed by atoms with Crippen LogP contribution in [0.1, 0.15) is 42.1 Å². The summed E-state index contributed by atoms with van der Waals surface area (Å²) in [4.78, 5) is 16.7. The minimum absolute atomic E-state index is 0.222. The summed E-state index contributed by atoms with van der Waals surface area (Å²) in [5, 5.41) is 15.9. The van der Waals surface area contributed by atoms with Gasteiger partial charge in [-0.3, -0.25) is 4.98 Å². The van der Waals surface area contributed by atoms with Gasteiger partial charge >= 0.3 is 6.03 Å². The third-order valence-corrected chi connectivity index (χ3v) is 4.77. The molecule has 0 saturated heterocycles.